The number of fused-ring (bicyclic) bond motifs is 3. The van der Waals surface area contributed by atoms with Crippen LogP contribution in [0.25, 0.3) is 10.8 Å². The van der Waals surface area contributed by atoms with Crippen LogP contribution in [0.2, 0.25) is 0 Å². The molecule has 0 aliphatic carbocycles. The van der Waals surface area contributed by atoms with Gasteiger partial charge in [-0.3, -0.25) is 9.59 Å². The number of rotatable bonds is 5. The van der Waals surface area contributed by atoms with Crippen LogP contribution in [0.1, 0.15) is 19.3 Å². The van der Waals surface area contributed by atoms with E-state index in [1.807, 2.05) is 23.1 Å². The molecule has 0 radical (unpaired) electrons. The van der Waals surface area contributed by atoms with E-state index in [9.17, 15) is 18.0 Å². The minimum absolute atomic E-state index is 0.0111. The van der Waals surface area contributed by atoms with Crippen molar-refractivity contribution in [1.82, 2.24) is 19.4 Å². The molecule has 3 saturated heterocycles. The molecule has 188 valence electrons. The van der Waals surface area contributed by atoms with Gasteiger partial charge in [-0.2, -0.15) is 4.72 Å². The van der Waals surface area contributed by atoms with Crippen LogP contribution < -0.4 is 4.72 Å². The molecule has 1 N–H and O–H groups in total. The highest BCUT2D eigenvalue weighted by Gasteiger charge is 2.37. The van der Waals surface area contributed by atoms with Gasteiger partial charge in [-0.15, -0.1) is 0 Å². The van der Waals surface area contributed by atoms with Gasteiger partial charge in [0.2, 0.25) is 21.8 Å². The molecule has 2 unspecified atom stereocenters. The van der Waals surface area contributed by atoms with Crippen molar-refractivity contribution in [3.8, 4) is 0 Å². The normalized spacial score (nSPS) is 25.8. The van der Waals surface area contributed by atoms with E-state index in [2.05, 4.69) is 32.6 Å². The summed E-state index contributed by atoms with van der Waals surface area (Å²) >= 11 is 3.42. The van der Waals surface area contributed by atoms with Crippen LogP contribution >= 0.6 is 15.9 Å². The summed E-state index contributed by atoms with van der Waals surface area (Å²) in [4.78, 5) is 32.1. The van der Waals surface area contributed by atoms with Crippen molar-refractivity contribution in [2.45, 2.75) is 30.2 Å². The average molecular weight is 564 g/mol. The fourth-order valence-corrected chi connectivity index (χ4v) is 7.47. The summed E-state index contributed by atoms with van der Waals surface area (Å²) in [6, 6.07) is 9.70. The molecule has 3 aliphatic heterocycles. The SMILES string of the molecule is CN1CC2CC(C1)CN(C(=O)CN1CCC[C@H](NS(=O)(=O)c3ccc4cc(Br)ccc4c3)C1=O)C2. The lowest BCUT2D eigenvalue weighted by Crippen LogP contribution is -2.57. The largest absolute Gasteiger partial charge is 0.341 e. The predicted molar refractivity (Wildman–Crippen MR) is 137 cm³/mol. The Kier molecular flexibility index (Phi) is 6.91. The van der Waals surface area contributed by atoms with Crippen molar-refractivity contribution in [3.63, 3.8) is 0 Å². The zero-order valence-corrected chi connectivity index (χ0v) is 22.2. The Morgan fingerprint density at radius 1 is 1.06 bits per heavy atom. The first kappa shape index (κ1) is 24.7. The maximum Gasteiger partial charge on any atom is 0.242 e. The Morgan fingerprint density at radius 2 is 1.74 bits per heavy atom. The van der Waals surface area contributed by atoms with Gasteiger partial charge in [-0.05, 0) is 73.2 Å². The summed E-state index contributed by atoms with van der Waals surface area (Å²) in [5.41, 5.74) is 0. The second-order valence-electron chi connectivity index (χ2n) is 10.2. The lowest BCUT2D eigenvalue weighted by atomic mass is 9.85. The third-order valence-corrected chi connectivity index (χ3v) is 9.32. The molecule has 8 nitrogen and oxygen atoms in total. The molecule has 2 aromatic rings. The number of nitrogens with one attached hydrogen (secondary N) is 1. The van der Waals surface area contributed by atoms with E-state index in [-0.39, 0.29) is 23.3 Å². The topological polar surface area (TPSA) is 90.0 Å². The molecule has 3 atom stereocenters. The number of carbonyl (C=O) groups is 2. The summed E-state index contributed by atoms with van der Waals surface area (Å²) in [5, 5.41) is 1.72. The number of amides is 2. The molecular formula is C25H31BrN4O4S. The zero-order valence-electron chi connectivity index (χ0n) is 19.8. The minimum Gasteiger partial charge on any atom is -0.341 e. The van der Waals surface area contributed by atoms with E-state index >= 15 is 0 Å². The minimum atomic E-state index is -3.89. The molecule has 3 heterocycles. The van der Waals surface area contributed by atoms with Crippen LogP contribution in [0, 0.1) is 11.8 Å². The zero-order chi connectivity index (χ0) is 24.7. The molecule has 2 aromatic carbocycles. The van der Waals surface area contributed by atoms with Gasteiger partial charge >= 0.3 is 0 Å². The average Bonchev–Trinajstić information content (AvgIpc) is 2.80. The van der Waals surface area contributed by atoms with Crippen molar-refractivity contribution >= 4 is 48.5 Å². The number of hydrogen-bond acceptors (Lipinski definition) is 5. The highest BCUT2D eigenvalue weighted by Crippen LogP contribution is 2.28. The molecule has 0 aromatic heterocycles. The Balaban J connectivity index is 1.24. The van der Waals surface area contributed by atoms with Crippen molar-refractivity contribution in [2.75, 3.05) is 46.3 Å². The Morgan fingerprint density at radius 3 is 2.49 bits per heavy atom. The summed E-state index contributed by atoms with van der Waals surface area (Å²) in [6.07, 6.45) is 2.23. The van der Waals surface area contributed by atoms with E-state index in [4.69, 9.17) is 0 Å². The summed E-state index contributed by atoms with van der Waals surface area (Å²) < 4.78 is 29.7. The van der Waals surface area contributed by atoms with E-state index < -0.39 is 16.1 Å². The first-order chi connectivity index (χ1) is 16.7. The standard InChI is InChI=1S/C25H31BrN4O4S/c1-28-12-17-9-18(13-28)15-30(14-17)24(31)16-29-8-2-3-23(25(29)32)27-35(33,34)22-7-5-19-10-21(26)6-4-20(19)11-22/h4-7,10-11,17-18,23,27H,2-3,8-9,12-16H2,1H3/t17?,18?,23-/m0/s1. The van der Waals surface area contributed by atoms with Crippen molar-refractivity contribution in [2.24, 2.45) is 11.8 Å². The number of nitrogens with zero attached hydrogens (tertiary/aromatic N) is 3. The first-order valence-corrected chi connectivity index (χ1v) is 14.4. The number of benzene rings is 2. The molecular weight excluding hydrogens is 532 g/mol. The molecule has 0 spiro atoms. The quantitative estimate of drug-likeness (QED) is 0.603. The number of hydrogen-bond donors (Lipinski definition) is 1. The van der Waals surface area contributed by atoms with E-state index in [0.717, 1.165) is 47.8 Å². The van der Waals surface area contributed by atoms with E-state index in [0.29, 0.717) is 31.2 Å². The summed E-state index contributed by atoms with van der Waals surface area (Å²) in [7, 11) is -1.77. The second kappa shape index (κ2) is 9.80. The molecule has 2 bridgehead atoms. The Labute approximate surface area is 214 Å². The van der Waals surface area contributed by atoms with E-state index in [1.165, 1.54) is 4.90 Å². The lowest BCUT2D eigenvalue weighted by Gasteiger charge is -2.45. The van der Waals surface area contributed by atoms with Gasteiger partial charge in [0.1, 0.15) is 6.04 Å². The van der Waals surface area contributed by atoms with Crippen LogP contribution in [0.4, 0.5) is 0 Å². The summed E-state index contributed by atoms with van der Waals surface area (Å²) in [5.74, 6) is 0.601. The Bertz CT molecular complexity index is 1240. The van der Waals surface area contributed by atoms with Gasteiger partial charge < -0.3 is 14.7 Å². The third-order valence-electron chi connectivity index (χ3n) is 7.35. The number of piperidine rings is 3. The molecule has 10 heteroatoms. The molecule has 3 aliphatic rings. The highest BCUT2D eigenvalue weighted by atomic mass is 79.9. The monoisotopic (exact) mass is 562 g/mol. The van der Waals surface area contributed by atoms with Gasteiger partial charge in [0, 0.05) is 37.2 Å². The lowest BCUT2D eigenvalue weighted by molar-refractivity contribution is -0.145. The van der Waals surface area contributed by atoms with Crippen LogP contribution in [0.3, 0.4) is 0 Å². The molecule has 3 fully saturated rings. The number of carbonyl (C=O) groups excluding carboxylic acids is 2. The van der Waals surface area contributed by atoms with E-state index in [1.54, 1.807) is 18.2 Å². The van der Waals surface area contributed by atoms with Crippen molar-refractivity contribution < 1.29 is 18.0 Å². The highest BCUT2D eigenvalue weighted by molar-refractivity contribution is 9.10. The first-order valence-electron chi connectivity index (χ1n) is 12.1. The molecule has 5 rings (SSSR count). The number of halogens is 1. The summed E-state index contributed by atoms with van der Waals surface area (Å²) in [6.45, 7) is 3.94. The molecule has 2 amide bonds. The number of sulfonamides is 1. The van der Waals surface area contributed by atoms with Gasteiger partial charge in [-0.1, -0.05) is 28.1 Å². The molecule has 0 saturated carbocycles. The van der Waals surface area contributed by atoms with Gasteiger partial charge in [0.05, 0.1) is 11.4 Å². The fourth-order valence-electron chi connectivity index (χ4n) is 5.83. The Hall–Kier alpha value is -2.01. The van der Waals surface area contributed by atoms with Crippen LogP contribution in [0.5, 0.6) is 0 Å². The predicted octanol–water partition coefficient (Wildman–Crippen LogP) is 2.28. The van der Waals surface area contributed by atoms with Crippen LogP contribution in [-0.2, 0) is 19.6 Å². The van der Waals surface area contributed by atoms with Crippen molar-refractivity contribution in [1.29, 1.82) is 0 Å². The van der Waals surface area contributed by atoms with Crippen molar-refractivity contribution in [3.05, 3.63) is 40.9 Å². The van der Waals surface area contributed by atoms with Gasteiger partial charge in [-0.25, -0.2) is 8.42 Å². The fraction of sp³-hybridized carbons (Fsp3) is 0.520. The van der Waals surface area contributed by atoms with Crippen LogP contribution in [-0.4, -0.2) is 87.3 Å². The maximum absolute atomic E-state index is 13.2. The van der Waals surface area contributed by atoms with Gasteiger partial charge in [0.25, 0.3) is 0 Å². The number of likely N-dealkylation sites (tertiary alicyclic amines) is 3. The van der Waals surface area contributed by atoms with Gasteiger partial charge in [0.15, 0.2) is 0 Å². The molecule has 35 heavy (non-hydrogen) atoms. The van der Waals surface area contributed by atoms with Crippen LogP contribution in [0.15, 0.2) is 45.8 Å². The second-order valence-corrected chi connectivity index (χ2v) is 12.8. The smallest absolute Gasteiger partial charge is 0.242 e. The maximum atomic E-state index is 13.2. The third kappa shape index (κ3) is 5.40.